The number of piperazine rings is 1. The summed E-state index contributed by atoms with van der Waals surface area (Å²) in [6.07, 6.45) is 1.66. The monoisotopic (exact) mass is 283 g/mol. The molecule has 104 valence electrons. The molecule has 19 heavy (non-hydrogen) atoms. The molecule has 0 radical (unpaired) electrons. The van der Waals surface area contributed by atoms with Gasteiger partial charge in [-0.25, -0.2) is 0 Å². The van der Waals surface area contributed by atoms with Gasteiger partial charge in [0, 0.05) is 19.1 Å². The van der Waals surface area contributed by atoms with Crippen molar-refractivity contribution in [2.75, 3.05) is 25.4 Å². The normalized spacial score (nSPS) is 15.7. The predicted molar refractivity (Wildman–Crippen MR) is 70.7 cm³/mol. The Kier molecular flexibility index (Phi) is 4.41. The van der Waals surface area contributed by atoms with Crippen LogP contribution in [-0.2, 0) is 9.59 Å². The van der Waals surface area contributed by atoms with Gasteiger partial charge in [-0.15, -0.1) is 10.2 Å². The molecule has 0 bridgehead atoms. The smallest absolute Gasteiger partial charge is 0.239 e. The van der Waals surface area contributed by atoms with E-state index in [4.69, 9.17) is 0 Å². The molecule has 2 amide bonds. The Morgan fingerprint density at radius 1 is 1.58 bits per heavy atom. The van der Waals surface area contributed by atoms with Crippen molar-refractivity contribution < 1.29 is 9.59 Å². The van der Waals surface area contributed by atoms with E-state index in [0.717, 1.165) is 5.16 Å². The van der Waals surface area contributed by atoms with E-state index in [0.29, 0.717) is 13.1 Å². The molecule has 0 aromatic carbocycles. The fraction of sp³-hybridized carbons (Fsp3) is 0.636. The average Bonchev–Trinajstić information content (AvgIpc) is 2.84. The Labute approximate surface area is 115 Å². The van der Waals surface area contributed by atoms with Gasteiger partial charge in [-0.1, -0.05) is 11.8 Å². The fourth-order valence-corrected chi connectivity index (χ4v) is 2.71. The number of hydrogen-bond donors (Lipinski definition) is 1. The summed E-state index contributed by atoms with van der Waals surface area (Å²) in [4.78, 5) is 24.8. The highest BCUT2D eigenvalue weighted by atomic mass is 32.2. The minimum Gasteiger partial charge on any atom is -0.353 e. The van der Waals surface area contributed by atoms with Crippen molar-refractivity contribution in [3.8, 4) is 0 Å². The van der Waals surface area contributed by atoms with E-state index in [2.05, 4.69) is 15.5 Å². The van der Waals surface area contributed by atoms with Crippen LogP contribution in [0.25, 0.3) is 0 Å². The highest BCUT2D eigenvalue weighted by Crippen LogP contribution is 2.19. The molecule has 2 heterocycles. The Morgan fingerprint density at radius 3 is 3.05 bits per heavy atom. The molecule has 0 aliphatic carbocycles. The van der Waals surface area contributed by atoms with Crippen molar-refractivity contribution in [3.05, 3.63) is 6.33 Å². The van der Waals surface area contributed by atoms with Gasteiger partial charge in [-0.2, -0.15) is 0 Å². The summed E-state index contributed by atoms with van der Waals surface area (Å²) in [6.45, 7) is 5.31. The highest BCUT2D eigenvalue weighted by molar-refractivity contribution is 7.99. The third-order valence-electron chi connectivity index (χ3n) is 2.81. The van der Waals surface area contributed by atoms with E-state index in [1.165, 1.54) is 11.8 Å². The SMILES string of the molecule is CC(C)n1cnnc1SCC(=O)N1CCNC(=O)C1. The second-order valence-electron chi connectivity index (χ2n) is 4.57. The third kappa shape index (κ3) is 3.46. The number of hydrogen-bond acceptors (Lipinski definition) is 5. The summed E-state index contributed by atoms with van der Waals surface area (Å²) in [5.74, 6) is 0.131. The summed E-state index contributed by atoms with van der Waals surface area (Å²) in [5, 5.41) is 11.3. The van der Waals surface area contributed by atoms with Crippen LogP contribution in [0, 0.1) is 0 Å². The van der Waals surface area contributed by atoms with Crippen molar-refractivity contribution >= 4 is 23.6 Å². The van der Waals surface area contributed by atoms with Gasteiger partial charge in [0.1, 0.15) is 6.33 Å². The minimum atomic E-state index is -0.102. The lowest BCUT2D eigenvalue weighted by atomic mass is 10.3. The number of carbonyl (C=O) groups is 2. The summed E-state index contributed by atoms with van der Waals surface area (Å²) >= 11 is 1.35. The maximum absolute atomic E-state index is 12.0. The second-order valence-corrected chi connectivity index (χ2v) is 5.51. The van der Waals surface area contributed by atoms with Crippen molar-refractivity contribution in [3.63, 3.8) is 0 Å². The molecule has 0 atom stereocenters. The summed E-state index contributed by atoms with van der Waals surface area (Å²) in [7, 11) is 0. The van der Waals surface area contributed by atoms with Crippen LogP contribution in [0.4, 0.5) is 0 Å². The number of thioether (sulfide) groups is 1. The zero-order valence-electron chi connectivity index (χ0n) is 11.0. The summed E-state index contributed by atoms with van der Waals surface area (Å²) < 4.78 is 1.92. The fourth-order valence-electron chi connectivity index (χ4n) is 1.76. The van der Waals surface area contributed by atoms with Crippen LogP contribution >= 0.6 is 11.8 Å². The van der Waals surface area contributed by atoms with Crippen molar-refractivity contribution in [1.82, 2.24) is 25.0 Å². The maximum atomic E-state index is 12.0. The van der Waals surface area contributed by atoms with Gasteiger partial charge in [-0.3, -0.25) is 9.59 Å². The van der Waals surface area contributed by atoms with Crippen LogP contribution in [0.3, 0.4) is 0 Å². The first-order valence-corrected chi connectivity index (χ1v) is 7.13. The number of nitrogens with zero attached hydrogens (tertiary/aromatic N) is 4. The molecule has 7 nitrogen and oxygen atoms in total. The molecule has 2 rings (SSSR count). The Balaban J connectivity index is 1.89. The van der Waals surface area contributed by atoms with Gasteiger partial charge in [0.25, 0.3) is 0 Å². The van der Waals surface area contributed by atoms with Gasteiger partial charge in [0.05, 0.1) is 12.3 Å². The molecule has 1 aromatic rings. The van der Waals surface area contributed by atoms with Crippen LogP contribution in [0.2, 0.25) is 0 Å². The lowest BCUT2D eigenvalue weighted by Gasteiger charge is -2.26. The van der Waals surface area contributed by atoms with Crippen LogP contribution in [0.1, 0.15) is 19.9 Å². The van der Waals surface area contributed by atoms with Gasteiger partial charge in [0.15, 0.2) is 5.16 Å². The molecule has 1 N–H and O–H groups in total. The summed E-state index contributed by atoms with van der Waals surface area (Å²) in [6, 6.07) is 0.258. The number of aromatic nitrogens is 3. The van der Waals surface area contributed by atoms with Crippen LogP contribution < -0.4 is 5.32 Å². The lowest BCUT2D eigenvalue weighted by Crippen LogP contribution is -2.50. The minimum absolute atomic E-state index is 0.0434. The van der Waals surface area contributed by atoms with E-state index >= 15 is 0 Å². The zero-order valence-corrected chi connectivity index (χ0v) is 11.8. The first-order valence-electron chi connectivity index (χ1n) is 6.14. The number of nitrogens with one attached hydrogen (secondary N) is 1. The number of rotatable bonds is 4. The molecular weight excluding hydrogens is 266 g/mol. The third-order valence-corrected chi connectivity index (χ3v) is 3.75. The number of carbonyl (C=O) groups excluding carboxylic acids is 2. The molecule has 8 heteroatoms. The quantitative estimate of drug-likeness (QED) is 0.781. The van der Waals surface area contributed by atoms with Crippen LogP contribution in [0.15, 0.2) is 11.5 Å². The topological polar surface area (TPSA) is 80.1 Å². The van der Waals surface area contributed by atoms with Crippen molar-refractivity contribution in [2.24, 2.45) is 0 Å². The standard InChI is InChI=1S/C11H17N5O2S/c1-8(2)16-7-13-14-11(16)19-6-10(18)15-4-3-12-9(17)5-15/h7-8H,3-6H2,1-2H3,(H,12,17). The van der Waals surface area contributed by atoms with Crippen molar-refractivity contribution in [2.45, 2.75) is 25.0 Å². The van der Waals surface area contributed by atoms with E-state index in [-0.39, 0.29) is 30.2 Å². The predicted octanol–water partition coefficient (Wildman–Crippen LogP) is -0.0905. The van der Waals surface area contributed by atoms with Gasteiger partial charge in [0.2, 0.25) is 11.8 Å². The van der Waals surface area contributed by atoms with E-state index in [9.17, 15) is 9.59 Å². The van der Waals surface area contributed by atoms with Crippen LogP contribution in [0.5, 0.6) is 0 Å². The first-order chi connectivity index (χ1) is 9.08. The molecule has 0 spiro atoms. The largest absolute Gasteiger partial charge is 0.353 e. The van der Waals surface area contributed by atoms with Crippen molar-refractivity contribution in [1.29, 1.82) is 0 Å². The highest BCUT2D eigenvalue weighted by Gasteiger charge is 2.21. The van der Waals surface area contributed by atoms with Gasteiger partial charge in [-0.05, 0) is 13.8 Å². The Hall–Kier alpha value is -1.57. The first kappa shape index (κ1) is 13.9. The molecule has 1 saturated heterocycles. The van der Waals surface area contributed by atoms with Gasteiger partial charge >= 0.3 is 0 Å². The average molecular weight is 283 g/mol. The zero-order chi connectivity index (χ0) is 13.8. The molecule has 1 aliphatic rings. The Bertz CT molecular complexity index is 473. The van der Waals surface area contributed by atoms with E-state index < -0.39 is 0 Å². The Morgan fingerprint density at radius 2 is 2.37 bits per heavy atom. The lowest BCUT2D eigenvalue weighted by molar-refractivity contribution is -0.136. The van der Waals surface area contributed by atoms with Crippen LogP contribution in [-0.4, -0.2) is 56.9 Å². The van der Waals surface area contributed by atoms with E-state index in [1.807, 2.05) is 18.4 Å². The molecule has 1 fully saturated rings. The molecule has 0 saturated carbocycles. The molecule has 1 aromatic heterocycles. The molecule has 0 unspecified atom stereocenters. The number of amides is 2. The molecule has 1 aliphatic heterocycles. The maximum Gasteiger partial charge on any atom is 0.239 e. The second kappa shape index (κ2) is 6.05. The van der Waals surface area contributed by atoms with E-state index in [1.54, 1.807) is 11.2 Å². The summed E-state index contributed by atoms with van der Waals surface area (Å²) in [5.41, 5.74) is 0. The molecular formula is C11H17N5O2S. The van der Waals surface area contributed by atoms with Gasteiger partial charge < -0.3 is 14.8 Å².